The fraction of sp³-hybridized carbons (Fsp3) is 0.250. The largest absolute Gasteiger partial charge is 0.494 e. The van der Waals surface area contributed by atoms with Crippen molar-refractivity contribution in [1.29, 1.82) is 0 Å². The second-order valence-electron chi connectivity index (χ2n) is 7.77. The number of nitrogen functional groups attached to an aromatic ring is 1. The third-order valence-electron chi connectivity index (χ3n) is 5.39. The molecule has 0 fully saturated rings. The number of nitrogens with zero attached hydrogens (tertiary/aromatic N) is 4. The number of aromatic nitrogens is 4. The van der Waals surface area contributed by atoms with Crippen molar-refractivity contribution in [2.24, 2.45) is 0 Å². The zero-order valence-corrected chi connectivity index (χ0v) is 19.3. The molecule has 35 heavy (non-hydrogen) atoms. The van der Waals surface area contributed by atoms with E-state index in [9.17, 15) is 4.79 Å². The molecule has 0 radical (unpaired) electrons. The zero-order valence-electron chi connectivity index (χ0n) is 19.3. The number of amides is 1. The van der Waals surface area contributed by atoms with Crippen LogP contribution >= 0.6 is 0 Å². The minimum atomic E-state index is -0.489. The maximum Gasteiger partial charge on any atom is 0.280 e. The van der Waals surface area contributed by atoms with Crippen LogP contribution in [0.25, 0.3) is 11.5 Å². The molecule has 3 N–H and O–H groups in total. The van der Waals surface area contributed by atoms with Gasteiger partial charge in [-0.2, -0.15) is 0 Å². The number of benzene rings is 2. The van der Waals surface area contributed by atoms with E-state index < -0.39 is 5.91 Å². The highest BCUT2D eigenvalue weighted by atomic mass is 16.6. The van der Waals surface area contributed by atoms with Crippen molar-refractivity contribution >= 4 is 17.4 Å². The molecule has 2 aromatic heterocycles. The molecular formula is C24H24N6O5. The van der Waals surface area contributed by atoms with Crippen molar-refractivity contribution in [3.8, 4) is 28.7 Å². The smallest absolute Gasteiger partial charge is 0.280 e. The van der Waals surface area contributed by atoms with Crippen LogP contribution in [0.2, 0.25) is 0 Å². The molecular weight excluding hydrogens is 452 g/mol. The van der Waals surface area contributed by atoms with Crippen molar-refractivity contribution in [2.75, 3.05) is 30.9 Å². The molecule has 0 spiro atoms. The molecule has 2 aromatic carbocycles. The molecule has 5 rings (SSSR count). The van der Waals surface area contributed by atoms with Crippen LogP contribution in [0, 0.1) is 6.92 Å². The van der Waals surface area contributed by atoms with Gasteiger partial charge in [0, 0.05) is 17.3 Å². The van der Waals surface area contributed by atoms with Gasteiger partial charge in [-0.05, 0) is 50.2 Å². The van der Waals surface area contributed by atoms with Crippen LogP contribution in [0.4, 0.5) is 11.5 Å². The molecule has 11 nitrogen and oxygen atoms in total. The predicted octanol–water partition coefficient (Wildman–Crippen LogP) is 3.29. The highest BCUT2D eigenvalue weighted by Crippen LogP contribution is 2.33. The van der Waals surface area contributed by atoms with Gasteiger partial charge in [-0.1, -0.05) is 5.21 Å². The van der Waals surface area contributed by atoms with E-state index in [1.807, 2.05) is 38.1 Å². The lowest BCUT2D eigenvalue weighted by Gasteiger charge is -2.18. The van der Waals surface area contributed by atoms with Crippen LogP contribution in [0.1, 0.15) is 28.9 Å². The molecule has 4 aromatic rings. The number of aryl methyl sites for hydroxylation is 1. The SMILES string of the molecule is CCOc1ccc(-c2nc(Cn3nnc(C(=O)Nc4ccc5c(c4)OCCO5)c3N)c(C)o2)cc1. The Morgan fingerprint density at radius 3 is 2.69 bits per heavy atom. The van der Waals surface area contributed by atoms with Gasteiger partial charge in [0.25, 0.3) is 5.91 Å². The first-order chi connectivity index (χ1) is 17.0. The second-order valence-corrected chi connectivity index (χ2v) is 7.77. The van der Waals surface area contributed by atoms with Crippen molar-refractivity contribution in [3.63, 3.8) is 0 Å². The molecule has 0 unspecified atom stereocenters. The summed E-state index contributed by atoms with van der Waals surface area (Å²) in [5.74, 6) is 2.68. The van der Waals surface area contributed by atoms with Crippen LogP contribution in [0.3, 0.4) is 0 Å². The van der Waals surface area contributed by atoms with E-state index in [-0.39, 0.29) is 18.1 Å². The van der Waals surface area contributed by atoms with Crippen LogP contribution in [-0.4, -0.2) is 45.7 Å². The molecule has 1 aliphatic heterocycles. The molecule has 0 saturated heterocycles. The van der Waals surface area contributed by atoms with Gasteiger partial charge in [-0.3, -0.25) is 4.79 Å². The number of carbonyl (C=O) groups excluding carboxylic acids is 1. The molecule has 3 heterocycles. The lowest BCUT2D eigenvalue weighted by molar-refractivity contribution is 0.102. The van der Waals surface area contributed by atoms with Gasteiger partial charge in [0.2, 0.25) is 5.89 Å². The first-order valence-corrected chi connectivity index (χ1v) is 11.1. The van der Waals surface area contributed by atoms with Crippen LogP contribution < -0.4 is 25.3 Å². The molecule has 180 valence electrons. The van der Waals surface area contributed by atoms with Gasteiger partial charge in [-0.15, -0.1) is 5.10 Å². The van der Waals surface area contributed by atoms with E-state index in [4.69, 9.17) is 24.4 Å². The van der Waals surface area contributed by atoms with Gasteiger partial charge in [0.1, 0.15) is 30.4 Å². The monoisotopic (exact) mass is 476 g/mol. The summed E-state index contributed by atoms with van der Waals surface area (Å²) < 4.78 is 23.8. The third-order valence-corrected chi connectivity index (χ3v) is 5.39. The van der Waals surface area contributed by atoms with Crippen molar-refractivity contribution in [3.05, 3.63) is 59.6 Å². The number of anilines is 2. The molecule has 1 aliphatic rings. The van der Waals surface area contributed by atoms with Gasteiger partial charge in [0.15, 0.2) is 23.0 Å². The Hall–Kier alpha value is -4.54. The maximum atomic E-state index is 12.8. The minimum absolute atomic E-state index is 0.00720. The number of fused-ring (bicyclic) bond motifs is 1. The summed E-state index contributed by atoms with van der Waals surface area (Å²) in [6.45, 7) is 5.47. The summed E-state index contributed by atoms with van der Waals surface area (Å²) in [6, 6.07) is 12.6. The fourth-order valence-corrected chi connectivity index (χ4v) is 3.61. The zero-order chi connectivity index (χ0) is 24.4. The standard InChI is InChI=1S/C24H24N6O5/c1-3-32-17-7-4-15(5-8-17)24-27-18(14(2)35-24)13-30-22(25)21(28-29-30)23(31)26-16-6-9-19-20(12-16)34-11-10-33-19/h4-9,12H,3,10-11,13,25H2,1-2H3,(H,26,31). The molecule has 11 heteroatoms. The highest BCUT2D eigenvalue weighted by Gasteiger charge is 2.21. The summed E-state index contributed by atoms with van der Waals surface area (Å²) in [5, 5.41) is 10.8. The molecule has 0 saturated carbocycles. The number of ether oxygens (including phenoxy) is 3. The Balaban J connectivity index is 1.30. The third kappa shape index (κ3) is 4.60. The van der Waals surface area contributed by atoms with E-state index in [0.717, 1.165) is 11.3 Å². The quantitative estimate of drug-likeness (QED) is 0.411. The summed E-state index contributed by atoms with van der Waals surface area (Å²) in [4.78, 5) is 17.4. The first-order valence-electron chi connectivity index (χ1n) is 11.1. The van der Waals surface area contributed by atoms with Gasteiger partial charge >= 0.3 is 0 Å². The Kier molecular flexibility index (Phi) is 5.96. The lowest BCUT2D eigenvalue weighted by atomic mass is 10.2. The second kappa shape index (κ2) is 9.37. The number of nitrogens with one attached hydrogen (secondary N) is 1. The number of oxazole rings is 1. The van der Waals surface area contributed by atoms with E-state index in [1.165, 1.54) is 4.68 Å². The summed E-state index contributed by atoms with van der Waals surface area (Å²) in [6.07, 6.45) is 0. The number of carbonyl (C=O) groups is 1. The molecule has 0 bridgehead atoms. The minimum Gasteiger partial charge on any atom is -0.494 e. The van der Waals surface area contributed by atoms with E-state index in [1.54, 1.807) is 18.2 Å². The normalized spacial score (nSPS) is 12.4. The first kappa shape index (κ1) is 22.3. The summed E-state index contributed by atoms with van der Waals surface area (Å²) >= 11 is 0. The van der Waals surface area contributed by atoms with Gasteiger partial charge in [0.05, 0.1) is 13.2 Å². The van der Waals surface area contributed by atoms with Crippen LogP contribution in [0.15, 0.2) is 46.9 Å². The number of rotatable bonds is 7. The van der Waals surface area contributed by atoms with Crippen LogP contribution in [-0.2, 0) is 6.54 Å². The fourth-order valence-electron chi connectivity index (χ4n) is 3.61. The Morgan fingerprint density at radius 1 is 1.14 bits per heavy atom. The van der Waals surface area contributed by atoms with Gasteiger partial charge < -0.3 is 29.7 Å². The van der Waals surface area contributed by atoms with Crippen molar-refractivity contribution < 1.29 is 23.4 Å². The molecule has 0 aliphatic carbocycles. The topological polar surface area (TPSA) is 140 Å². The molecule has 0 atom stereocenters. The van der Waals surface area contributed by atoms with E-state index in [0.29, 0.717) is 54.4 Å². The highest BCUT2D eigenvalue weighted by molar-refractivity contribution is 6.05. The van der Waals surface area contributed by atoms with Crippen molar-refractivity contribution in [1.82, 2.24) is 20.0 Å². The number of hydrogen-bond donors (Lipinski definition) is 2. The predicted molar refractivity (Wildman–Crippen MR) is 127 cm³/mol. The summed E-state index contributed by atoms with van der Waals surface area (Å²) in [7, 11) is 0. The van der Waals surface area contributed by atoms with Gasteiger partial charge in [-0.25, -0.2) is 9.67 Å². The number of hydrogen-bond acceptors (Lipinski definition) is 9. The van der Waals surface area contributed by atoms with E-state index >= 15 is 0 Å². The Bertz CT molecular complexity index is 1360. The molecule has 1 amide bonds. The maximum absolute atomic E-state index is 12.8. The van der Waals surface area contributed by atoms with Crippen LogP contribution in [0.5, 0.6) is 17.2 Å². The average Bonchev–Trinajstić information content (AvgIpc) is 3.42. The summed E-state index contributed by atoms with van der Waals surface area (Å²) in [5.41, 5.74) is 8.17. The Labute approximate surface area is 200 Å². The average molecular weight is 476 g/mol. The Morgan fingerprint density at radius 2 is 1.91 bits per heavy atom. The lowest BCUT2D eigenvalue weighted by Crippen LogP contribution is -2.17. The van der Waals surface area contributed by atoms with E-state index in [2.05, 4.69) is 20.6 Å². The van der Waals surface area contributed by atoms with Crippen molar-refractivity contribution in [2.45, 2.75) is 20.4 Å². The number of nitrogens with two attached hydrogens (primary N) is 1.